The van der Waals surface area contributed by atoms with Crippen LogP contribution in [0.3, 0.4) is 0 Å². The smallest absolute Gasteiger partial charge is 0.0455 e. The van der Waals surface area contributed by atoms with Gasteiger partial charge in [-0.05, 0) is 42.0 Å². The van der Waals surface area contributed by atoms with Gasteiger partial charge in [0.05, 0.1) is 0 Å². The van der Waals surface area contributed by atoms with Crippen molar-refractivity contribution in [2.75, 3.05) is 0 Å². The molecule has 4 rings (SSSR count). The van der Waals surface area contributed by atoms with Gasteiger partial charge in [-0.15, -0.1) is 12.4 Å². The van der Waals surface area contributed by atoms with Crippen LogP contribution in [0.15, 0.2) is 48.5 Å². The Morgan fingerprint density at radius 1 is 1.00 bits per heavy atom. The first kappa shape index (κ1) is 12.7. The zero-order chi connectivity index (χ0) is 12.2. The molecule has 1 nitrogen and oxygen atoms in total. The standard InChI is InChI=1S/C17H17N.ClH/c1-17-11-13-7-3-2-6-12(13)10-16(18-17)14-8-4-5-9-15(14)17;/h2-9,16,18H,10-11H2,1H3;1H. The lowest BCUT2D eigenvalue weighted by molar-refractivity contribution is 0.368. The highest BCUT2D eigenvalue weighted by Crippen LogP contribution is 2.43. The van der Waals surface area contributed by atoms with E-state index in [2.05, 4.69) is 60.8 Å². The summed E-state index contributed by atoms with van der Waals surface area (Å²) in [7, 11) is 0. The predicted octanol–water partition coefficient (Wildman–Crippen LogP) is 3.77. The van der Waals surface area contributed by atoms with Crippen LogP contribution in [0.2, 0.25) is 0 Å². The van der Waals surface area contributed by atoms with Gasteiger partial charge in [-0.25, -0.2) is 0 Å². The molecule has 0 fully saturated rings. The lowest BCUT2D eigenvalue weighted by atomic mass is 9.82. The molecule has 2 unspecified atom stereocenters. The summed E-state index contributed by atoms with van der Waals surface area (Å²) in [5.41, 5.74) is 6.10. The molecule has 0 spiro atoms. The maximum atomic E-state index is 3.84. The number of fused-ring (bicyclic) bond motifs is 6. The molecule has 2 aromatic carbocycles. The fourth-order valence-electron chi connectivity index (χ4n) is 3.68. The van der Waals surface area contributed by atoms with E-state index in [0.29, 0.717) is 6.04 Å². The van der Waals surface area contributed by atoms with Crippen LogP contribution in [0.1, 0.15) is 35.2 Å². The summed E-state index contributed by atoms with van der Waals surface area (Å²) in [4.78, 5) is 0. The van der Waals surface area contributed by atoms with Crippen LogP contribution < -0.4 is 5.32 Å². The second-order valence-corrected chi connectivity index (χ2v) is 5.77. The van der Waals surface area contributed by atoms with Crippen LogP contribution in [0.25, 0.3) is 0 Å². The highest BCUT2D eigenvalue weighted by Gasteiger charge is 2.41. The Bertz CT molecular complexity index is 622. The molecular formula is C17H18ClN. The van der Waals surface area contributed by atoms with Gasteiger partial charge in [-0.2, -0.15) is 0 Å². The molecule has 0 radical (unpaired) electrons. The van der Waals surface area contributed by atoms with Crippen molar-refractivity contribution in [2.45, 2.75) is 31.3 Å². The number of hydrogen-bond acceptors (Lipinski definition) is 1. The van der Waals surface area contributed by atoms with E-state index < -0.39 is 0 Å². The van der Waals surface area contributed by atoms with E-state index in [1.165, 1.54) is 22.3 Å². The number of hydrogen-bond donors (Lipinski definition) is 1. The molecule has 98 valence electrons. The summed E-state index contributed by atoms with van der Waals surface area (Å²) in [6, 6.07) is 18.3. The second-order valence-electron chi connectivity index (χ2n) is 5.77. The van der Waals surface area contributed by atoms with Crippen LogP contribution in [0.5, 0.6) is 0 Å². The van der Waals surface area contributed by atoms with Gasteiger partial charge < -0.3 is 5.32 Å². The molecule has 0 saturated carbocycles. The number of halogens is 1. The summed E-state index contributed by atoms with van der Waals surface area (Å²) in [5, 5.41) is 3.84. The molecule has 0 saturated heterocycles. The van der Waals surface area contributed by atoms with Gasteiger partial charge in [0.15, 0.2) is 0 Å². The summed E-state index contributed by atoms with van der Waals surface area (Å²) in [6.07, 6.45) is 2.21. The third kappa shape index (κ3) is 1.80. The molecule has 0 amide bonds. The summed E-state index contributed by atoms with van der Waals surface area (Å²) in [6.45, 7) is 2.34. The van der Waals surface area contributed by atoms with Gasteiger partial charge in [0.2, 0.25) is 0 Å². The van der Waals surface area contributed by atoms with Crippen LogP contribution in [-0.4, -0.2) is 0 Å². The minimum Gasteiger partial charge on any atom is -0.300 e. The maximum Gasteiger partial charge on any atom is 0.0455 e. The van der Waals surface area contributed by atoms with Gasteiger partial charge in [0.1, 0.15) is 0 Å². The molecule has 2 bridgehead atoms. The van der Waals surface area contributed by atoms with Crippen LogP contribution in [0.4, 0.5) is 0 Å². The van der Waals surface area contributed by atoms with E-state index in [1.807, 2.05) is 0 Å². The average molecular weight is 272 g/mol. The monoisotopic (exact) mass is 271 g/mol. The van der Waals surface area contributed by atoms with Crippen LogP contribution in [-0.2, 0) is 18.4 Å². The molecule has 19 heavy (non-hydrogen) atoms. The first-order chi connectivity index (χ1) is 8.76. The zero-order valence-electron chi connectivity index (χ0n) is 11.0. The number of rotatable bonds is 0. The first-order valence-electron chi connectivity index (χ1n) is 6.70. The molecule has 2 aromatic rings. The van der Waals surface area contributed by atoms with Crippen molar-refractivity contribution < 1.29 is 0 Å². The van der Waals surface area contributed by atoms with Gasteiger partial charge in [0, 0.05) is 11.6 Å². The fourth-order valence-corrected chi connectivity index (χ4v) is 3.68. The lowest BCUT2D eigenvalue weighted by Crippen LogP contribution is -2.36. The number of benzene rings is 2. The van der Waals surface area contributed by atoms with Gasteiger partial charge in [-0.1, -0.05) is 48.5 Å². The Hall–Kier alpha value is -1.31. The molecule has 2 aliphatic heterocycles. The van der Waals surface area contributed by atoms with Gasteiger partial charge in [-0.3, -0.25) is 0 Å². The van der Waals surface area contributed by atoms with E-state index in [0.717, 1.165) is 12.8 Å². The maximum absolute atomic E-state index is 3.84. The molecular weight excluding hydrogens is 254 g/mol. The largest absolute Gasteiger partial charge is 0.300 e. The van der Waals surface area contributed by atoms with Gasteiger partial charge in [0.25, 0.3) is 0 Å². The van der Waals surface area contributed by atoms with E-state index in [4.69, 9.17) is 0 Å². The second kappa shape index (κ2) is 4.36. The summed E-state index contributed by atoms with van der Waals surface area (Å²) < 4.78 is 0. The molecule has 0 aliphatic carbocycles. The van der Waals surface area contributed by atoms with Crippen molar-refractivity contribution in [2.24, 2.45) is 0 Å². The minimum atomic E-state index is 0. The Morgan fingerprint density at radius 2 is 1.68 bits per heavy atom. The van der Waals surface area contributed by atoms with E-state index >= 15 is 0 Å². The Balaban J connectivity index is 0.00000110. The van der Waals surface area contributed by atoms with Crippen LogP contribution >= 0.6 is 12.4 Å². The van der Waals surface area contributed by atoms with Crippen molar-refractivity contribution in [1.82, 2.24) is 5.32 Å². The Morgan fingerprint density at radius 3 is 2.53 bits per heavy atom. The van der Waals surface area contributed by atoms with Gasteiger partial charge >= 0.3 is 0 Å². The van der Waals surface area contributed by atoms with E-state index in [1.54, 1.807) is 0 Å². The van der Waals surface area contributed by atoms with Crippen molar-refractivity contribution in [1.29, 1.82) is 0 Å². The average Bonchev–Trinajstić information content (AvgIpc) is 2.56. The molecule has 2 atom stereocenters. The normalized spacial score (nSPS) is 26.9. The molecule has 0 aromatic heterocycles. The highest BCUT2D eigenvalue weighted by atomic mass is 35.5. The Kier molecular flexibility index (Phi) is 2.92. The molecule has 1 N–H and O–H groups in total. The Labute approximate surface area is 120 Å². The summed E-state index contributed by atoms with van der Waals surface area (Å²) >= 11 is 0. The van der Waals surface area contributed by atoms with Crippen molar-refractivity contribution in [3.63, 3.8) is 0 Å². The molecule has 2 heteroatoms. The SMILES string of the molecule is CC12Cc3ccccc3CC(N1)c1ccccc12.Cl. The third-order valence-electron chi connectivity index (χ3n) is 4.51. The lowest BCUT2D eigenvalue weighted by Gasteiger charge is -2.26. The van der Waals surface area contributed by atoms with E-state index in [-0.39, 0.29) is 17.9 Å². The first-order valence-corrected chi connectivity index (χ1v) is 6.70. The summed E-state index contributed by atoms with van der Waals surface area (Å²) in [5.74, 6) is 0. The third-order valence-corrected chi connectivity index (χ3v) is 4.51. The van der Waals surface area contributed by atoms with Crippen molar-refractivity contribution in [3.8, 4) is 0 Å². The predicted molar refractivity (Wildman–Crippen MR) is 80.8 cm³/mol. The van der Waals surface area contributed by atoms with Crippen molar-refractivity contribution >= 4 is 12.4 Å². The molecule has 2 heterocycles. The fraction of sp³-hybridized carbons (Fsp3) is 0.294. The molecule has 2 aliphatic rings. The zero-order valence-corrected chi connectivity index (χ0v) is 11.8. The topological polar surface area (TPSA) is 12.0 Å². The van der Waals surface area contributed by atoms with E-state index in [9.17, 15) is 0 Å². The van der Waals surface area contributed by atoms with Crippen molar-refractivity contribution in [3.05, 3.63) is 70.8 Å². The highest BCUT2D eigenvalue weighted by molar-refractivity contribution is 5.85. The van der Waals surface area contributed by atoms with Crippen LogP contribution in [0, 0.1) is 0 Å². The quantitative estimate of drug-likeness (QED) is 0.769. The minimum absolute atomic E-state index is 0. The number of nitrogens with one attached hydrogen (secondary N) is 1.